The van der Waals surface area contributed by atoms with E-state index in [9.17, 15) is 19.5 Å². The normalized spacial score (nSPS) is 25.8. The van der Waals surface area contributed by atoms with Gasteiger partial charge in [-0.25, -0.2) is 9.59 Å². The lowest BCUT2D eigenvalue weighted by atomic mass is 9.86. The number of nitrogens with zero attached hydrogens (tertiary/aromatic N) is 1. The van der Waals surface area contributed by atoms with Crippen LogP contribution in [-0.2, 0) is 20.9 Å². The fraction of sp³-hybridized carbons (Fsp3) is 0.500. The molecule has 1 aromatic carbocycles. The van der Waals surface area contributed by atoms with Gasteiger partial charge in [0, 0.05) is 6.54 Å². The number of amides is 1. The molecule has 25 heavy (non-hydrogen) atoms. The summed E-state index contributed by atoms with van der Waals surface area (Å²) in [6.07, 6.45) is 1.26. The van der Waals surface area contributed by atoms with Crippen molar-refractivity contribution in [3.63, 3.8) is 0 Å². The minimum absolute atomic E-state index is 0.0434. The Labute approximate surface area is 146 Å². The zero-order chi connectivity index (χ0) is 17.9. The van der Waals surface area contributed by atoms with Crippen molar-refractivity contribution >= 4 is 17.8 Å². The van der Waals surface area contributed by atoms with E-state index in [0.717, 1.165) is 16.9 Å². The topological polar surface area (TPSA) is 95.9 Å². The van der Waals surface area contributed by atoms with Crippen LogP contribution in [0.1, 0.15) is 31.2 Å². The molecule has 1 unspecified atom stereocenters. The minimum Gasteiger partial charge on any atom is -0.479 e. The summed E-state index contributed by atoms with van der Waals surface area (Å²) in [6.45, 7) is 0.935. The summed E-state index contributed by atoms with van der Waals surface area (Å²) in [7, 11) is 0. The van der Waals surface area contributed by atoms with E-state index in [-0.39, 0.29) is 19.6 Å². The molecule has 7 nitrogen and oxygen atoms in total. The van der Waals surface area contributed by atoms with Gasteiger partial charge < -0.3 is 15.2 Å². The average molecular weight is 346 g/mol. The molecular formula is C18H22N2O5. The van der Waals surface area contributed by atoms with Crippen molar-refractivity contribution in [2.45, 2.75) is 43.9 Å². The van der Waals surface area contributed by atoms with Gasteiger partial charge in [-0.05, 0) is 37.8 Å². The molecule has 2 heterocycles. The Morgan fingerprint density at radius 1 is 1.24 bits per heavy atom. The first-order valence-corrected chi connectivity index (χ1v) is 8.55. The van der Waals surface area contributed by atoms with Gasteiger partial charge in [0.1, 0.15) is 6.61 Å². The maximum absolute atomic E-state index is 12.9. The number of carboxylic acid groups (broad SMARTS) is 1. The Bertz CT molecular complexity index is 657. The molecule has 0 radical (unpaired) electrons. The van der Waals surface area contributed by atoms with E-state index in [1.54, 1.807) is 0 Å². The first-order chi connectivity index (χ1) is 12.1. The van der Waals surface area contributed by atoms with E-state index in [2.05, 4.69) is 5.32 Å². The quantitative estimate of drug-likeness (QED) is 0.786. The lowest BCUT2D eigenvalue weighted by Gasteiger charge is -2.34. The summed E-state index contributed by atoms with van der Waals surface area (Å²) in [6, 6.07) is 8.63. The Kier molecular flexibility index (Phi) is 5.03. The van der Waals surface area contributed by atoms with Crippen molar-refractivity contribution in [2.24, 2.45) is 0 Å². The van der Waals surface area contributed by atoms with Crippen molar-refractivity contribution in [2.75, 3.05) is 13.1 Å². The highest BCUT2D eigenvalue weighted by molar-refractivity contribution is 6.12. The number of carbonyl (C=O) groups is 3. The van der Waals surface area contributed by atoms with Crippen LogP contribution in [0.25, 0.3) is 0 Å². The molecule has 0 saturated carbocycles. The second-order valence-electron chi connectivity index (χ2n) is 6.47. The smallest absolute Gasteiger partial charge is 0.411 e. The Balaban J connectivity index is 1.76. The Morgan fingerprint density at radius 2 is 2.00 bits per heavy atom. The molecule has 0 aromatic heterocycles. The molecule has 1 aromatic rings. The van der Waals surface area contributed by atoms with Crippen molar-refractivity contribution in [3.05, 3.63) is 35.9 Å². The van der Waals surface area contributed by atoms with Crippen LogP contribution < -0.4 is 5.32 Å². The van der Waals surface area contributed by atoms with Gasteiger partial charge in [-0.3, -0.25) is 9.69 Å². The lowest BCUT2D eigenvalue weighted by molar-refractivity contribution is -0.155. The molecule has 2 aliphatic rings. The van der Waals surface area contributed by atoms with Crippen LogP contribution >= 0.6 is 0 Å². The molecule has 2 atom stereocenters. The number of ketones is 1. The van der Waals surface area contributed by atoms with Gasteiger partial charge in [-0.15, -0.1) is 0 Å². The molecule has 0 aliphatic carbocycles. The number of ether oxygens (including phenoxy) is 1. The van der Waals surface area contributed by atoms with E-state index in [1.165, 1.54) is 0 Å². The summed E-state index contributed by atoms with van der Waals surface area (Å²) in [4.78, 5) is 38.5. The summed E-state index contributed by atoms with van der Waals surface area (Å²) >= 11 is 0. The SMILES string of the molecule is O=C(OCc1ccccc1)N1CCC[C@@]1(C(=O)O)C(=O)C1CCCN1. The van der Waals surface area contributed by atoms with Crippen molar-refractivity contribution in [1.29, 1.82) is 0 Å². The van der Waals surface area contributed by atoms with E-state index < -0.39 is 29.4 Å². The summed E-state index contributed by atoms with van der Waals surface area (Å²) < 4.78 is 5.28. The Hall–Kier alpha value is -2.41. The molecule has 2 aliphatic heterocycles. The summed E-state index contributed by atoms with van der Waals surface area (Å²) in [5, 5.41) is 12.8. The van der Waals surface area contributed by atoms with Gasteiger partial charge in [-0.2, -0.15) is 0 Å². The second-order valence-corrected chi connectivity index (χ2v) is 6.47. The van der Waals surface area contributed by atoms with Gasteiger partial charge in [0.2, 0.25) is 5.54 Å². The highest BCUT2D eigenvalue weighted by Crippen LogP contribution is 2.34. The van der Waals surface area contributed by atoms with Crippen LogP contribution in [0, 0.1) is 0 Å². The van der Waals surface area contributed by atoms with Crippen molar-refractivity contribution < 1.29 is 24.2 Å². The molecule has 7 heteroatoms. The van der Waals surface area contributed by atoms with E-state index in [1.807, 2.05) is 30.3 Å². The maximum Gasteiger partial charge on any atom is 0.411 e. The molecule has 1 amide bonds. The summed E-state index contributed by atoms with van der Waals surface area (Å²) in [5.74, 6) is -1.72. The molecule has 2 N–H and O–H groups in total. The molecule has 134 valence electrons. The predicted molar refractivity (Wildman–Crippen MR) is 89.0 cm³/mol. The number of hydrogen-bond donors (Lipinski definition) is 2. The van der Waals surface area contributed by atoms with Gasteiger partial charge in [0.25, 0.3) is 0 Å². The molecule has 2 fully saturated rings. The molecular weight excluding hydrogens is 324 g/mol. The number of aliphatic carboxylic acids is 1. The zero-order valence-electron chi connectivity index (χ0n) is 13.9. The van der Waals surface area contributed by atoms with Crippen LogP contribution in [0.15, 0.2) is 30.3 Å². The molecule has 0 spiro atoms. The highest BCUT2D eigenvalue weighted by atomic mass is 16.6. The number of Topliss-reactive ketones (excluding diaryl/α,β-unsaturated/α-hetero) is 1. The average Bonchev–Trinajstić information content (AvgIpc) is 3.30. The van der Waals surface area contributed by atoms with Gasteiger partial charge in [0.05, 0.1) is 6.04 Å². The second kappa shape index (κ2) is 7.23. The largest absolute Gasteiger partial charge is 0.479 e. The third-order valence-electron chi connectivity index (χ3n) is 4.94. The monoisotopic (exact) mass is 346 g/mol. The number of likely N-dealkylation sites (tertiary alicyclic amines) is 1. The predicted octanol–water partition coefficient (Wildman–Crippen LogP) is 1.56. The lowest BCUT2D eigenvalue weighted by Crippen LogP contribution is -2.62. The number of hydrogen-bond acceptors (Lipinski definition) is 5. The van der Waals surface area contributed by atoms with E-state index in [0.29, 0.717) is 19.4 Å². The van der Waals surface area contributed by atoms with E-state index >= 15 is 0 Å². The molecule has 2 saturated heterocycles. The first-order valence-electron chi connectivity index (χ1n) is 8.55. The van der Waals surface area contributed by atoms with Crippen LogP contribution in [0.5, 0.6) is 0 Å². The molecule has 3 rings (SSSR count). The van der Waals surface area contributed by atoms with Gasteiger partial charge in [0.15, 0.2) is 5.78 Å². The third-order valence-corrected chi connectivity index (χ3v) is 4.94. The van der Waals surface area contributed by atoms with Crippen LogP contribution in [0.2, 0.25) is 0 Å². The fourth-order valence-corrected chi connectivity index (χ4v) is 3.64. The van der Waals surface area contributed by atoms with Gasteiger partial charge >= 0.3 is 12.1 Å². The number of carbonyl (C=O) groups excluding carboxylic acids is 2. The van der Waals surface area contributed by atoms with Crippen LogP contribution in [-0.4, -0.2) is 52.5 Å². The van der Waals surface area contributed by atoms with E-state index in [4.69, 9.17) is 4.74 Å². The minimum atomic E-state index is -1.82. The summed E-state index contributed by atoms with van der Waals surface area (Å²) in [5.41, 5.74) is -1.02. The fourth-order valence-electron chi connectivity index (χ4n) is 3.64. The first kappa shape index (κ1) is 17.4. The highest BCUT2D eigenvalue weighted by Gasteiger charge is 2.58. The number of rotatable bonds is 5. The maximum atomic E-state index is 12.9. The number of carboxylic acids is 1. The van der Waals surface area contributed by atoms with Gasteiger partial charge in [-0.1, -0.05) is 30.3 Å². The standard InChI is InChI=1S/C18H22N2O5/c21-15(14-8-4-10-19-14)18(16(22)23)9-5-11-20(18)17(24)25-12-13-6-2-1-3-7-13/h1-3,6-7,14,19H,4-5,8-12H2,(H,22,23)/t14?,18-/m0/s1. The van der Waals surface area contributed by atoms with Crippen LogP contribution in [0.4, 0.5) is 4.79 Å². The number of benzene rings is 1. The van der Waals surface area contributed by atoms with Crippen molar-refractivity contribution in [3.8, 4) is 0 Å². The van der Waals surface area contributed by atoms with Crippen molar-refractivity contribution in [1.82, 2.24) is 10.2 Å². The zero-order valence-corrected chi connectivity index (χ0v) is 13.9. The molecule has 0 bridgehead atoms. The third kappa shape index (κ3) is 3.24. The Morgan fingerprint density at radius 3 is 2.64 bits per heavy atom. The number of nitrogens with one attached hydrogen (secondary N) is 1. The van der Waals surface area contributed by atoms with Crippen LogP contribution in [0.3, 0.4) is 0 Å².